The van der Waals surface area contributed by atoms with Gasteiger partial charge >= 0.3 is 0 Å². The van der Waals surface area contributed by atoms with Crippen LogP contribution in [0.1, 0.15) is 16.2 Å². The van der Waals surface area contributed by atoms with Crippen LogP contribution in [0.15, 0.2) is 119 Å². The van der Waals surface area contributed by atoms with Gasteiger partial charge in [0.25, 0.3) is 20.0 Å². The second-order valence-corrected chi connectivity index (χ2v) is 13.2. The first-order valence-electron chi connectivity index (χ1n) is 12.3. The number of benzene rings is 4. The fourth-order valence-corrected chi connectivity index (χ4v) is 8.06. The van der Waals surface area contributed by atoms with Gasteiger partial charge in [0, 0.05) is 15.8 Å². The largest absolute Gasteiger partial charge is 0.497 e. The highest BCUT2D eigenvalue weighted by Crippen LogP contribution is 2.33. The molecule has 0 saturated heterocycles. The van der Waals surface area contributed by atoms with Gasteiger partial charge in [0.2, 0.25) is 5.78 Å². The van der Waals surface area contributed by atoms with E-state index in [0.717, 1.165) is 7.94 Å². The molecule has 11 heteroatoms. The normalized spacial score (nSPS) is 12.1. The number of halogens is 1. The van der Waals surface area contributed by atoms with E-state index in [0.29, 0.717) is 21.5 Å². The zero-order valence-electron chi connectivity index (χ0n) is 21.4. The van der Waals surface area contributed by atoms with Crippen LogP contribution in [-0.2, 0) is 20.0 Å². The van der Waals surface area contributed by atoms with Crippen molar-refractivity contribution in [1.29, 1.82) is 0 Å². The molecule has 0 aliphatic carbocycles. The molecule has 206 valence electrons. The van der Waals surface area contributed by atoms with Crippen LogP contribution in [0.3, 0.4) is 0 Å². The lowest BCUT2D eigenvalue weighted by Gasteiger charge is -2.14. The SMILES string of the molecule is COc1ccc2c(c1)cc(C(=O)c1cc3cc(Cl)ccc3n1S(=O)(=O)c1ccccc1)n2S(=O)(=O)c1ccccc1. The molecule has 0 radical (unpaired) electrons. The first-order chi connectivity index (χ1) is 19.6. The van der Waals surface area contributed by atoms with E-state index in [2.05, 4.69) is 0 Å². The maximum absolute atomic E-state index is 14.4. The molecular weight excluding hydrogens is 584 g/mol. The Hall–Kier alpha value is -4.38. The van der Waals surface area contributed by atoms with E-state index >= 15 is 0 Å². The van der Waals surface area contributed by atoms with Crippen molar-refractivity contribution in [3.05, 3.63) is 126 Å². The van der Waals surface area contributed by atoms with Crippen LogP contribution in [0.4, 0.5) is 0 Å². The van der Waals surface area contributed by atoms with Crippen LogP contribution >= 0.6 is 11.6 Å². The molecule has 0 aliphatic rings. The third-order valence-corrected chi connectivity index (χ3v) is 10.4. The third kappa shape index (κ3) is 4.40. The van der Waals surface area contributed by atoms with Crippen LogP contribution in [0, 0.1) is 0 Å². The monoisotopic (exact) mass is 604 g/mol. The topological polar surface area (TPSA) is 104 Å². The summed E-state index contributed by atoms with van der Waals surface area (Å²) in [6.45, 7) is 0. The molecule has 0 saturated carbocycles. The van der Waals surface area contributed by atoms with Gasteiger partial charge in [0.1, 0.15) is 17.1 Å². The van der Waals surface area contributed by atoms with Gasteiger partial charge in [-0.3, -0.25) is 4.79 Å². The van der Waals surface area contributed by atoms with Crippen LogP contribution < -0.4 is 4.74 Å². The van der Waals surface area contributed by atoms with Gasteiger partial charge in [-0.25, -0.2) is 24.8 Å². The van der Waals surface area contributed by atoms with Crippen LogP contribution in [0.5, 0.6) is 5.75 Å². The van der Waals surface area contributed by atoms with Gasteiger partial charge < -0.3 is 4.74 Å². The predicted molar refractivity (Wildman–Crippen MR) is 157 cm³/mol. The van der Waals surface area contributed by atoms with E-state index < -0.39 is 25.8 Å². The average Bonchev–Trinajstić information content (AvgIpc) is 3.56. The highest BCUT2D eigenvalue weighted by molar-refractivity contribution is 7.90. The molecule has 0 N–H and O–H groups in total. The van der Waals surface area contributed by atoms with Crippen molar-refractivity contribution in [2.24, 2.45) is 0 Å². The molecule has 0 aliphatic heterocycles. The summed E-state index contributed by atoms with van der Waals surface area (Å²) in [5.41, 5.74) is -0.0348. The number of ether oxygens (including phenoxy) is 1. The number of carbonyl (C=O) groups is 1. The summed E-state index contributed by atoms with van der Waals surface area (Å²) in [5, 5.41) is 1.16. The second-order valence-electron chi connectivity index (χ2n) is 9.18. The van der Waals surface area contributed by atoms with Crippen LogP contribution in [0.25, 0.3) is 21.8 Å². The lowest BCUT2D eigenvalue weighted by atomic mass is 10.2. The highest BCUT2D eigenvalue weighted by atomic mass is 35.5. The summed E-state index contributed by atoms with van der Waals surface area (Å²) in [7, 11) is -7.10. The summed E-state index contributed by atoms with van der Waals surface area (Å²) < 4.78 is 63.0. The molecule has 0 unspecified atom stereocenters. The molecule has 0 spiro atoms. The van der Waals surface area contributed by atoms with Crippen molar-refractivity contribution >= 4 is 59.2 Å². The summed E-state index contributed by atoms with van der Waals surface area (Å²) >= 11 is 6.20. The molecule has 41 heavy (non-hydrogen) atoms. The Labute approximate surface area is 241 Å². The number of methoxy groups -OCH3 is 1. The number of fused-ring (bicyclic) bond motifs is 2. The van der Waals surface area contributed by atoms with Gasteiger partial charge in [-0.1, -0.05) is 48.0 Å². The molecule has 4 aromatic carbocycles. The summed E-state index contributed by atoms with van der Waals surface area (Å²) in [6, 6.07) is 27.5. The van der Waals surface area contributed by atoms with Gasteiger partial charge in [0.05, 0.1) is 27.9 Å². The molecule has 6 aromatic rings. The van der Waals surface area contributed by atoms with E-state index in [-0.39, 0.29) is 32.2 Å². The van der Waals surface area contributed by atoms with Gasteiger partial charge in [-0.15, -0.1) is 0 Å². The molecule has 0 bridgehead atoms. The fraction of sp³-hybridized carbons (Fsp3) is 0.0333. The minimum Gasteiger partial charge on any atom is -0.497 e. The number of carbonyl (C=O) groups excluding carboxylic acids is 1. The number of aromatic nitrogens is 2. The zero-order valence-corrected chi connectivity index (χ0v) is 23.8. The number of ketones is 1. The standard InChI is InChI=1S/C30H21ClN2O6S2/c1-39-23-13-15-27-21(17-23)19-29(33(27)41(37,38)25-10-6-3-7-11-25)30(34)28-18-20-16-22(31)12-14-26(20)32(28)40(35,36)24-8-4-2-5-9-24/h2-19H,1H3. The number of hydrogen-bond acceptors (Lipinski definition) is 6. The lowest BCUT2D eigenvalue weighted by molar-refractivity contribution is 0.102. The number of rotatable bonds is 7. The van der Waals surface area contributed by atoms with Gasteiger partial charge in [-0.05, 0) is 72.8 Å². The van der Waals surface area contributed by atoms with Crippen molar-refractivity contribution in [3.63, 3.8) is 0 Å². The van der Waals surface area contributed by atoms with Gasteiger partial charge in [0.15, 0.2) is 0 Å². The number of hydrogen-bond donors (Lipinski definition) is 0. The van der Waals surface area contributed by atoms with E-state index in [9.17, 15) is 21.6 Å². The van der Waals surface area contributed by atoms with Crippen molar-refractivity contribution in [2.75, 3.05) is 7.11 Å². The summed E-state index contributed by atoms with van der Waals surface area (Å²) in [6.07, 6.45) is 0. The maximum Gasteiger partial charge on any atom is 0.268 e. The van der Waals surface area contributed by atoms with Gasteiger partial charge in [-0.2, -0.15) is 0 Å². The number of nitrogens with zero attached hydrogens (tertiary/aromatic N) is 2. The Morgan fingerprint density at radius 2 is 1.10 bits per heavy atom. The smallest absolute Gasteiger partial charge is 0.268 e. The maximum atomic E-state index is 14.4. The fourth-order valence-electron chi connectivity index (χ4n) is 4.82. The molecule has 2 heterocycles. The first kappa shape index (κ1) is 26.8. The molecule has 0 amide bonds. The molecule has 0 atom stereocenters. The van der Waals surface area contributed by atoms with Crippen molar-refractivity contribution in [2.45, 2.75) is 9.79 Å². The zero-order chi connectivity index (χ0) is 28.9. The Balaban J connectivity index is 1.67. The Kier molecular flexibility index (Phi) is 6.49. The molecule has 0 fully saturated rings. The molecule has 2 aromatic heterocycles. The van der Waals surface area contributed by atoms with Crippen molar-refractivity contribution in [3.8, 4) is 5.75 Å². The third-order valence-electron chi connectivity index (χ3n) is 6.71. The Morgan fingerprint density at radius 1 is 0.634 bits per heavy atom. The molecule has 8 nitrogen and oxygen atoms in total. The first-order valence-corrected chi connectivity index (χ1v) is 15.6. The van der Waals surface area contributed by atoms with Crippen molar-refractivity contribution < 1.29 is 26.4 Å². The van der Waals surface area contributed by atoms with E-state index in [1.54, 1.807) is 60.7 Å². The van der Waals surface area contributed by atoms with E-state index in [1.165, 1.54) is 55.6 Å². The minimum absolute atomic E-state index is 0.0356. The van der Waals surface area contributed by atoms with Crippen molar-refractivity contribution in [1.82, 2.24) is 7.94 Å². The Bertz CT molecular complexity index is 2190. The summed E-state index contributed by atoms with van der Waals surface area (Å²) in [4.78, 5) is 14.3. The van der Waals surface area contributed by atoms with Crippen LogP contribution in [-0.4, -0.2) is 37.7 Å². The van der Waals surface area contributed by atoms with E-state index in [4.69, 9.17) is 16.3 Å². The minimum atomic E-state index is -4.29. The molecular formula is C30H21ClN2O6S2. The lowest BCUT2D eigenvalue weighted by Crippen LogP contribution is -2.23. The molecule has 6 rings (SSSR count). The summed E-state index contributed by atoms with van der Waals surface area (Å²) in [5.74, 6) is -0.354. The highest BCUT2D eigenvalue weighted by Gasteiger charge is 2.32. The van der Waals surface area contributed by atoms with Crippen LogP contribution in [0.2, 0.25) is 5.02 Å². The average molecular weight is 605 g/mol. The van der Waals surface area contributed by atoms with E-state index in [1.807, 2.05) is 0 Å². The Morgan fingerprint density at radius 3 is 1.59 bits per heavy atom. The quantitative estimate of drug-likeness (QED) is 0.208. The predicted octanol–water partition coefficient (Wildman–Crippen LogP) is 5.96. The second kappa shape index (κ2) is 9.91.